The maximum Gasteiger partial charge on any atom is 0.247 e. The minimum atomic E-state index is -1.00. The standard InChI is InChI=1S/C29H29N3O4/c1-19(34)20-10-12-21(13-11-20)31-14-16-32(17-15-31)29(36)26(18-33)30-28(35)27-24-8-4-2-6-22(24)23-7-3-5-9-25(23)27/h2-13,26-27,33H,14-18H2,1H3,(H,30,35). The van der Waals surface area contributed by atoms with E-state index in [9.17, 15) is 19.5 Å². The van der Waals surface area contributed by atoms with E-state index in [1.165, 1.54) is 0 Å². The molecule has 0 radical (unpaired) electrons. The molecule has 184 valence electrons. The largest absolute Gasteiger partial charge is 0.394 e. The summed E-state index contributed by atoms with van der Waals surface area (Å²) in [5.74, 6) is -1.06. The molecule has 36 heavy (non-hydrogen) atoms. The average molecular weight is 484 g/mol. The van der Waals surface area contributed by atoms with Gasteiger partial charge in [0.25, 0.3) is 0 Å². The number of rotatable bonds is 6. The highest BCUT2D eigenvalue weighted by atomic mass is 16.3. The van der Waals surface area contributed by atoms with E-state index in [2.05, 4.69) is 10.2 Å². The second-order valence-corrected chi connectivity index (χ2v) is 9.27. The number of fused-ring (bicyclic) bond motifs is 3. The minimum Gasteiger partial charge on any atom is -0.394 e. The zero-order valence-corrected chi connectivity index (χ0v) is 20.2. The van der Waals surface area contributed by atoms with Crippen LogP contribution in [0.15, 0.2) is 72.8 Å². The summed E-state index contributed by atoms with van der Waals surface area (Å²) in [7, 11) is 0. The summed E-state index contributed by atoms with van der Waals surface area (Å²) in [6, 6.07) is 22.1. The molecule has 1 fully saturated rings. The van der Waals surface area contributed by atoms with Crippen LogP contribution in [-0.4, -0.2) is 66.4 Å². The molecule has 0 bridgehead atoms. The molecule has 1 saturated heterocycles. The van der Waals surface area contributed by atoms with Gasteiger partial charge in [0.2, 0.25) is 11.8 Å². The Labute approximate surface area is 210 Å². The number of hydrogen-bond donors (Lipinski definition) is 2. The molecule has 0 aromatic heterocycles. The number of piperazine rings is 1. The Bertz CT molecular complexity index is 1250. The number of carbonyl (C=O) groups is 3. The number of hydrogen-bond acceptors (Lipinski definition) is 5. The van der Waals surface area contributed by atoms with Crippen LogP contribution in [0.5, 0.6) is 0 Å². The smallest absolute Gasteiger partial charge is 0.247 e. The van der Waals surface area contributed by atoms with Crippen LogP contribution >= 0.6 is 0 Å². The number of Topliss-reactive ketones (excluding diaryl/α,β-unsaturated/α-hetero) is 1. The van der Waals surface area contributed by atoms with Crippen LogP contribution in [0.25, 0.3) is 11.1 Å². The first kappa shape index (κ1) is 23.8. The Morgan fingerprint density at radius 2 is 1.42 bits per heavy atom. The van der Waals surface area contributed by atoms with E-state index >= 15 is 0 Å². The van der Waals surface area contributed by atoms with Crippen molar-refractivity contribution in [2.45, 2.75) is 18.9 Å². The summed E-state index contributed by atoms with van der Waals surface area (Å²) in [6.07, 6.45) is 0. The minimum absolute atomic E-state index is 0.0265. The van der Waals surface area contributed by atoms with E-state index in [1.54, 1.807) is 11.8 Å². The van der Waals surface area contributed by atoms with Crippen LogP contribution < -0.4 is 10.2 Å². The lowest BCUT2D eigenvalue weighted by atomic mass is 9.95. The number of anilines is 1. The normalized spacial score (nSPS) is 15.7. The molecule has 1 heterocycles. The van der Waals surface area contributed by atoms with Crippen LogP contribution in [0.1, 0.15) is 34.3 Å². The van der Waals surface area contributed by atoms with Gasteiger partial charge in [-0.2, -0.15) is 0 Å². The molecule has 1 aliphatic heterocycles. The van der Waals surface area contributed by atoms with Crippen molar-refractivity contribution in [2.75, 3.05) is 37.7 Å². The quantitative estimate of drug-likeness (QED) is 0.527. The molecule has 2 aliphatic rings. The van der Waals surface area contributed by atoms with Gasteiger partial charge in [0.05, 0.1) is 12.5 Å². The van der Waals surface area contributed by atoms with Crippen molar-refractivity contribution >= 4 is 23.3 Å². The third-order valence-electron chi connectivity index (χ3n) is 7.12. The lowest BCUT2D eigenvalue weighted by molar-refractivity contribution is -0.138. The fourth-order valence-corrected chi connectivity index (χ4v) is 5.19. The SMILES string of the molecule is CC(=O)c1ccc(N2CCN(C(=O)C(CO)NC(=O)C3c4ccccc4-c4ccccc43)CC2)cc1. The molecular formula is C29H29N3O4. The first-order valence-electron chi connectivity index (χ1n) is 12.2. The van der Waals surface area contributed by atoms with Crippen molar-refractivity contribution in [2.24, 2.45) is 0 Å². The average Bonchev–Trinajstić information content (AvgIpc) is 3.26. The molecule has 2 amide bonds. The number of aliphatic hydroxyl groups is 1. The number of benzene rings is 3. The lowest BCUT2D eigenvalue weighted by Gasteiger charge is -2.37. The third kappa shape index (κ3) is 4.38. The van der Waals surface area contributed by atoms with Crippen LogP contribution in [0, 0.1) is 0 Å². The molecule has 0 saturated carbocycles. The van der Waals surface area contributed by atoms with Crippen LogP contribution in [0.3, 0.4) is 0 Å². The van der Waals surface area contributed by atoms with Crippen molar-refractivity contribution in [3.05, 3.63) is 89.5 Å². The van der Waals surface area contributed by atoms with E-state index < -0.39 is 18.6 Å². The van der Waals surface area contributed by atoms with E-state index in [0.29, 0.717) is 31.7 Å². The van der Waals surface area contributed by atoms with Gasteiger partial charge in [-0.1, -0.05) is 48.5 Å². The van der Waals surface area contributed by atoms with Crippen LogP contribution in [-0.2, 0) is 9.59 Å². The number of carbonyl (C=O) groups excluding carboxylic acids is 3. The van der Waals surface area contributed by atoms with Gasteiger partial charge < -0.3 is 20.2 Å². The predicted molar refractivity (Wildman–Crippen MR) is 138 cm³/mol. The molecule has 1 unspecified atom stereocenters. The summed E-state index contributed by atoms with van der Waals surface area (Å²) in [4.78, 5) is 42.0. The Balaban J connectivity index is 1.24. The summed E-state index contributed by atoms with van der Waals surface area (Å²) in [6.45, 7) is 3.29. The third-order valence-corrected chi connectivity index (χ3v) is 7.12. The fourth-order valence-electron chi connectivity index (χ4n) is 5.19. The van der Waals surface area contributed by atoms with E-state index in [4.69, 9.17) is 0 Å². The second kappa shape index (κ2) is 9.95. The van der Waals surface area contributed by atoms with Gasteiger partial charge in [0.15, 0.2) is 5.78 Å². The number of ketones is 1. The zero-order chi connectivity index (χ0) is 25.2. The molecule has 1 aliphatic carbocycles. The van der Waals surface area contributed by atoms with Crippen molar-refractivity contribution < 1.29 is 19.5 Å². The molecule has 0 spiro atoms. The zero-order valence-electron chi connectivity index (χ0n) is 20.2. The molecule has 1 atom stereocenters. The summed E-state index contributed by atoms with van der Waals surface area (Å²) in [5.41, 5.74) is 5.52. The molecule has 7 heteroatoms. The van der Waals surface area contributed by atoms with E-state index in [0.717, 1.165) is 27.9 Å². The van der Waals surface area contributed by atoms with Gasteiger partial charge in [0.1, 0.15) is 6.04 Å². The Hall–Kier alpha value is -3.97. The van der Waals surface area contributed by atoms with E-state index in [1.807, 2.05) is 72.8 Å². The molecule has 7 nitrogen and oxygen atoms in total. The fraction of sp³-hybridized carbons (Fsp3) is 0.276. The highest BCUT2D eigenvalue weighted by Gasteiger charge is 2.36. The highest BCUT2D eigenvalue weighted by molar-refractivity contribution is 5.98. The Kier molecular flexibility index (Phi) is 6.57. The first-order chi connectivity index (χ1) is 17.5. The summed E-state index contributed by atoms with van der Waals surface area (Å²) >= 11 is 0. The van der Waals surface area contributed by atoms with Crippen LogP contribution in [0.2, 0.25) is 0 Å². The first-order valence-corrected chi connectivity index (χ1v) is 12.2. The monoisotopic (exact) mass is 483 g/mol. The van der Waals surface area contributed by atoms with E-state index in [-0.39, 0.29) is 17.6 Å². The van der Waals surface area contributed by atoms with Gasteiger partial charge in [-0.25, -0.2) is 0 Å². The maximum atomic E-state index is 13.4. The molecule has 5 rings (SSSR count). The summed E-state index contributed by atoms with van der Waals surface area (Å²) in [5, 5.41) is 12.8. The molecule has 2 N–H and O–H groups in total. The van der Waals surface area contributed by atoms with Gasteiger partial charge in [-0.05, 0) is 53.4 Å². The topological polar surface area (TPSA) is 90.0 Å². The predicted octanol–water partition coefficient (Wildman–Crippen LogP) is 2.83. The van der Waals surface area contributed by atoms with Gasteiger partial charge in [-0.3, -0.25) is 14.4 Å². The Morgan fingerprint density at radius 3 is 1.94 bits per heavy atom. The van der Waals surface area contributed by atoms with Gasteiger partial charge in [-0.15, -0.1) is 0 Å². The number of nitrogens with one attached hydrogen (secondary N) is 1. The number of amides is 2. The van der Waals surface area contributed by atoms with Crippen molar-refractivity contribution in [1.29, 1.82) is 0 Å². The van der Waals surface area contributed by atoms with Crippen molar-refractivity contribution in [3.8, 4) is 11.1 Å². The van der Waals surface area contributed by atoms with Gasteiger partial charge >= 0.3 is 0 Å². The van der Waals surface area contributed by atoms with Gasteiger partial charge in [0, 0.05) is 37.4 Å². The molecule has 3 aromatic carbocycles. The molecular weight excluding hydrogens is 454 g/mol. The molecule has 3 aromatic rings. The highest BCUT2D eigenvalue weighted by Crippen LogP contribution is 2.44. The number of aliphatic hydroxyl groups excluding tert-OH is 1. The summed E-state index contributed by atoms with van der Waals surface area (Å²) < 4.78 is 0. The van der Waals surface area contributed by atoms with Crippen LogP contribution in [0.4, 0.5) is 5.69 Å². The second-order valence-electron chi connectivity index (χ2n) is 9.27. The lowest BCUT2D eigenvalue weighted by Crippen LogP contribution is -2.56. The van der Waals surface area contributed by atoms with Crippen molar-refractivity contribution in [1.82, 2.24) is 10.2 Å². The number of nitrogens with zero attached hydrogens (tertiary/aromatic N) is 2. The Morgan fingerprint density at radius 1 is 0.861 bits per heavy atom. The van der Waals surface area contributed by atoms with Crippen molar-refractivity contribution in [3.63, 3.8) is 0 Å². The maximum absolute atomic E-state index is 13.4.